The van der Waals surface area contributed by atoms with E-state index in [2.05, 4.69) is 30.8 Å². The van der Waals surface area contributed by atoms with Gasteiger partial charge in [-0.15, -0.1) is 0 Å². The SMILES string of the molecule is [C-]#[N+]c1ccc(CNC(=O)C(Cc2ccc(Cl)cc2)Nc2cc(-n3cccc3)nc(NCC)n2)cc1. The second-order valence-corrected chi connectivity index (χ2v) is 8.52. The molecule has 0 aliphatic carbocycles. The largest absolute Gasteiger partial charge is 0.358 e. The number of anilines is 2. The van der Waals surface area contributed by atoms with E-state index in [9.17, 15) is 4.79 Å². The summed E-state index contributed by atoms with van der Waals surface area (Å²) >= 11 is 6.05. The van der Waals surface area contributed by atoms with E-state index in [1.54, 1.807) is 12.1 Å². The summed E-state index contributed by atoms with van der Waals surface area (Å²) in [5, 5.41) is 10.1. The summed E-state index contributed by atoms with van der Waals surface area (Å²) in [5.74, 6) is 1.50. The molecule has 0 saturated heterocycles. The molecule has 9 heteroatoms. The van der Waals surface area contributed by atoms with Gasteiger partial charge in [-0.05, 0) is 42.3 Å². The standard InChI is InChI=1S/C27H26ClN7O/c1-3-30-27-33-24(17-25(34-27)35-14-4-5-15-35)32-23(16-19-6-10-21(28)11-7-19)26(36)31-18-20-8-12-22(29-2)13-9-20/h4-15,17,23H,3,16,18H2,1H3,(H,31,36)(H2,30,32,33,34). The van der Waals surface area contributed by atoms with Crippen molar-refractivity contribution in [3.8, 4) is 5.82 Å². The lowest BCUT2D eigenvalue weighted by atomic mass is 10.0. The van der Waals surface area contributed by atoms with E-state index in [0.717, 1.165) is 11.1 Å². The first-order valence-corrected chi connectivity index (χ1v) is 11.9. The van der Waals surface area contributed by atoms with Crippen molar-refractivity contribution in [3.05, 3.63) is 107 Å². The molecule has 0 aliphatic heterocycles. The predicted molar refractivity (Wildman–Crippen MR) is 143 cm³/mol. The third-order valence-corrected chi connectivity index (χ3v) is 5.69. The van der Waals surface area contributed by atoms with Crippen LogP contribution in [0.3, 0.4) is 0 Å². The van der Waals surface area contributed by atoms with Gasteiger partial charge in [0.05, 0.1) is 6.57 Å². The summed E-state index contributed by atoms with van der Waals surface area (Å²) in [7, 11) is 0. The molecule has 3 N–H and O–H groups in total. The number of rotatable bonds is 10. The fraction of sp³-hybridized carbons (Fsp3) is 0.185. The topological polar surface area (TPSA) is 88.2 Å². The molecule has 2 aromatic carbocycles. The molecule has 0 radical (unpaired) electrons. The highest BCUT2D eigenvalue weighted by Crippen LogP contribution is 2.18. The molecular formula is C27H26ClN7O. The van der Waals surface area contributed by atoms with Gasteiger partial charge >= 0.3 is 0 Å². The van der Waals surface area contributed by atoms with Gasteiger partial charge < -0.3 is 20.5 Å². The Balaban J connectivity index is 1.57. The van der Waals surface area contributed by atoms with E-state index in [-0.39, 0.29) is 5.91 Å². The minimum absolute atomic E-state index is 0.176. The molecule has 1 amide bonds. The van der Waals surface area contributed by atoms with E-state index in [1.807, 2.05) is 78.5 Å². The van der Waals surface area contributed by atoms with Gasteiger partial charge in [0.2, 0.25) is 11.9 Å². The van der Waals surface area contributed by atoms with Gasteiger partial charge in [-0.3, -0.25) is 4.79 Å². The zero-order chi connectivity index (χ0) is 25.3. The number of carbonyl (C=O) groups excluding carboxylic acids is 1. The van der Waals surface area contributed by atoms with Gasteiger partial charge in [0.15, 0.2) is 5.69 Å². The first-order valence-electron chi connectivity index (χ1n) is 11.6. The van der Waals surface area contributed by atoms with Crippen LogP contribution in [-0.4, -0.2) is 33.0 Å². The van der Waals surface area contributed by atoms with E-state index < -0.39 is 6.04 Å². The maximum absolute atomic E-state index is 13.3. The van der Waals surface area contributed by atoms with Crippen molar-refractivity contribution < 1.29 is 4.79 Å². The van der Waals surface area contributed by atoms with Gasteiger partial charge in [0, 0.05) is 43.0 Å². The van der Waals surface area contributed by atoms with Crippen LogP contribution in [0.2, 0.25) is 5.02 Å². The molecule has 4 rings (SSSR count). The Labute approximate surface area is 215 Å². The van der Waals surface area contributed by atoms with Crippen LogP contribution in [0.25, 0.3) is 10.7 Å². The number of aromatic nitrogens is 3. The first kappa shape index (κ1) is 24.8. The fourth-order valence-electron chi connectivity index (χ4n) is 3.61. The lowest BCUT2D eigenvalue weighted by molar-refractivity contribution is -0.122. The van der Waals surface area contributed by atoms with Crippen LogP contribution in [-0.2, 0) is 17.8 Å². The lowest BCUT2D eigenvalue weighted by Crippen LogP contribution is -2.41. The molecule has 4 aromatic rings. The Morgan fingerprint density at radius 1 is 1.06 bits per heavy atom. The second-order valence-electron chi connectivity index (χ2n) is 8.08. The third kappa shape index (κ3) is 6.62. The summed E-state index contributed by atoms with van der Waals surface area (Å²) < 4.78 is 1.88. The molecule has 0 spiro atoms. The highest BCUT2D eigenvalue weighted by atomic mass is 35.5. The number of nitrogens with one attached hydrogen (secondary N) is 3. The minimum Gasteiger partial charge on any atom is -0.358 e. The van der Waals surface area contributed by atoms with Crippen molar-refractivity contribution in [2.45, 2.75) is 25.9 Å². The Bertz CT molecular complexity index is 1330. The average molecular weight is 500 g/mol. The summed E-state index contributed by atoms with van der Waals surface area (Å²) in [6.07, 6.45) is 4.23. The van der Waals surface area contributed by atoms with Crippen molar-refractivity contribution in [3.63, 3.8) is 0 Å². The Hall–Kier alpha value is -4.35. The second kappa shape index (κ2) is 11.9. The fourth-order valence-corrected chi connectivity index (χ4v) is 3.74. The van der Waals surface area contributed by atoms with Gasteiger partial charge in [-0.1, -0.05) is 48.0 Å². The molecule has 1 atom stereocenters. The summed E-state index contributed by atoms with van der Waals surface area (Å²) in [6.45, 7) is 10.1. The van der Waals surface area contributed by atoms with Crippen LogP contribution in [0.4, 0.5) is 17.5 Å². The normalized spacial score (nSPS) is 11.4. The number of halogens is 1. The Morgan fingerprint density at radius 2 is 1.75 bits per heavy atom. The van der Waals surface area contributed by atoms with Gasteiger partial charge in [-0.2, -0.15) is 9.97 Å². The van der Waals surface area contributed by atoms with Crippen molar-refractivity contribution in [1.29, 1.82) is 0 Å². The minimum atomic E-state index is -0.601. The van der Waals surface area contributed by atoms with Crippen molar-refractivity contribution >= 4 is 35.0 Å². The molecule has 1 unspecified atom stereocenters. The van der Waals surface area contributed by atoms with Crippen LogP contribution >= 0.6 is 11.6 Å². The van der Waals surface area contributed by atoms with E-state index in [1.165, 1.54) is 0 Å². The highest BCUT2D eigenvalue weighted by molar-refractivity contribution is 6.30. The van der Waals surface area contributed by atoms with Crippen molar-refractivity contribution in [2.24, 2.45) is 0 Å². The predicted octanol–water partition coefficient (Wildman–Crippen LogP) is 5.24. The van der Waals surface area contributed by atoms with Crippen LogP contribution < -0.4 is 16.0 Å². The van der Waals surface area contributed by atoms with Crippen LogP contribution in [0.15, 0.2) is 79.1 Å². The molecule has 0 saturated carbocycles. The molecule has 36 heavy (non-hydrogen) atoms. The zero-order valence-electron chi connectivity index (χ0n) is 19.8. The Kier molecular flexibility index (Phi) is 8.16. The van der Waals surface area contributed by atoms with Crippen LogP contribution in [0.1, 0.15) is 18.1 Å². The maximum Gasteiger partial charge on any atom is 0.243 e. The molecule has 2 heterocycles. The first-order chi connectivity index (χ1) is 17.5. The van der Waals surface area contributed by atoms with Gasteiger partial charge in [-0.25, -0.2) is 4.85 Å². The van der Waals surface area contributed by atoms with Crippen LogP contribution in [0.5, 0.6) is 0 Å². The molecule has 182 valence electrons. The van der Waals surface area contributed by atoms with E-state index in [0.29, 0.717) is 47.8 Å². The summed E-state index contributed by atoms with van der Waals surface area (Å²) in [5.41, 5.74) is 2.43. The van der Waals surface area contributed by atoms with Crippen LogP contribution in [0, 0.1) is 6.57 Å². The third-order valence-electron chi connectivity index (χ3n) is 5.44. The quantitative estimate of drug-likeness (QED) is 0.260. The van der Waals surface area contributed by atoms with Crippen molar-refractivity contribution in [1.82, 2.24) is 19.9 Å². The van der Waals surface area contributed by atoms with Gasteiger partial charge in [0.1, 0.15) is 17.7 Å². The van der Waals surface area contributed by atoms with Gasteiger partial charge in [0.25, 0.3) is 0 Å². The monoisotopic (exact) mass is 499 g/mol. The summed E-state index contributed by atoms with van der Waals surface area (Å²) in [6, 6.07) is 19.6. The lowest BCUT2D eigenvalue weighted by Gasteiger charge is -2.20. The molecule has 8 nitrogen and oxygen atoms in total. The zero-order valence-corrected chi connectivity index (χ0v) is 20.5. The van der Waals surface area contributed by atoms with E-state index in [4.69, 9.17) is 18.2 Å². The molecule has 0 fully saturated rings. The maximum atomic E-state index is 13.3. The highest BCUT2D eigenvalue weighted by Gasteiger charge is 2.20. The number of benzene rings is 2. The Morgan fingerprint density at radius 3 is 2.42 bits per heavy atom. The molecular weight excluding hydrogens is 474 g/mol. The number of hydrogen-bond donors (Lipinski definition) is 3. The summed E-state index contributed by atoms with van der Waals surface area (Å²) in [4.78, 5) is 25.9. The smallest absolute Gasteiger partial charge is 0.243 e. The molecule has 2 aromatic heterocycles. The van der Waals surface area contributed by atoms with Crippen molar-refractivity contribution in [2.75, 3.05) is 17.2 Å². The number of nitrogens with zero attached hydrogens (tertiary/aromatic N) is 4. The molecule has 0 bridgehead atoms. The van der Waals surface area contributed by atoms with E-state index >= 15 is 0 Å². The molecule has 0 aliphatic rings. The number of amides is 1. The number of hydrogen-bond acceptors (Lipinski definition) is 5. The average Bonchev–Trinajstić information content (AvgIpc) is 3.44. The number of carbonyl (C=O) groups is 1.